The van der Waals surface area contributed by atoms with E-state index >= 15 is 0 Å². The van der Waals surface area contributed by atoms with E-state index in [0.29, 0.717) is 6.08 Å². The highest BCUT2D eigenvalue weighted by atomic mass is 79.9. The van der Waals surface area contributed by atoms with Gasteiger partial charge in [-0.05, 0) is 31.6 Å². The van der Waals surface area contributed by atoms with Crippen molar-refractivity contribution in [1.82, 2.24) is 5.32 Å². The first-order valence-electron chi connectivity index (χ1n) is 5.42. The quantitative estimate of drug-likeness (QED) is 0.398. The molecule has 21 heavy (non-hydrogen) atoms. The highest BCUT2D eigenvalue weighted by Crippen LogP contribution is 2.51. The van der Waals surface area contributed by atoms with Gasteiger partial charge in [0, 0.05) is 0 Å². The van der Waals surface area contributed by atoms with Crippen LogP contribution in [0.4, 0.5) is 30.7 Å². The van der Waals surface area contributed by atoms with E-state index < -0.39 is 33.5 Å². The Morgan fingerprint density at radius 2 is 1.62 bits per heavy atom. The molecule has 1 aliphatic heterocycles. The van der Waals surface area contributed by atoms with E-state index in [0.717, 1.165) is 0 Å². The predicted octanol–water partition coefficient (Wildman–Crippen LogP) is 4.77. The fourth-order valence-corrected chi connectivity index (χ4v) is 2.29. The van der Waals surface area contributed by atoms with E-state index in [1.165, 1.54) is 13.8 Å². The van der Waals surface area contributed by atoms with E-state index in [1.807, 2.05) is 5.32 Å². The third-order valence-corrected chi connectivity index (χ3v) is 4.43. The monoisotopic (exact) mass is 402 g/mol. The largest absolute Gasteiger partial charge is 0.437 e. The van der Waals surface area contributed by atoms with E-state index in [1.54, 1.807) is 0 Å². The summed E-state index contributed by atoms with van der Waals surface area (Å²) >= 11 is 8.56. The number of dihydropyridines is 1. The van der Waals surface area contributed by atoms with Crippen molar-refractivity contribution in [3.05, 3.63) is 23.4 Å². The van der Waals surface area contributed by atoms with Gasteiger partial charge >= 0.3 is 18.0 Å². The Balaban J connectivity index is 3.46. The minimum atomic E-state index is -6.19. The molecular weight excluding hydrogens is 394 g/mol. The van der Waals surface area contributed by atoms with Crippen LogP contribution in [0.1, 0.15) is 13.8 Å². The standard InChI is InChI=1S/C11H9BrClF7N/c1-5-3-7(21-8(12,4-5)6(2)13)9(14,10(15,16)17)11(18,19)20/h3,6,21H,1-2H3. The van der Waals surface area contributed by atoms with Gasteiger partial charge < -0.3 is 5.32 Å². The number of allylic oxidation sites excluding steroid dienone is 3. The number of hydrogen-bond acceptors (Lipinski definition) is 1. The van der Waals surface area contributed by atoms with Crippen LogP contribution in [0.15, 0.2) is 17.3 Å². The Bertz CT molecular complexity index is 466. The molecule has 1 heterocycles. The van der Waals surface area contributed by atoms with Crippen molar-refractivity contribution in [1.29, 1.82) is 0 Å². The number of hydrogen-bond donors (Lipinski definition) is 1. The van der Waals surface area contributed by atoms with Gasteiger partial charge in [-0.15, -0.1) is 11.6 Å². The maximum absolute atomic E-state index is 14.0. The predicted molar refractivity (Wildman–Crippen MR) is 66.6 cm³/mol. The average Bonchev–Trinajstić information content (AvgIpc) is 2.23. The molecule has 1 nitrogen and oxygen atoms in total. The molecule has 0 saturated heterocycles. The molecule has 0 aromatic carbocycles. The van der Waals surface area contributed by atoms with Crippen LogP contribution in [0.3, 0.4) is 0 Å². The second-order valence-electron chi connectivity index (χ2n) is 4.47. The SMILES string of the molecule is CC1=[C]C(Br)(C(C)Cl)NC(C(F)(C(F)(F)F)C(F)(F)F)=C1. The lowest BCUT2D eigenvalue weighted by Gasteiger charge is -2.40. The molecule has 1 rings (SSSR count). The number of halogens is 9. The molecule has 10 heteroatoms. The number of rotatable bonds is 2. The van der Waals surface area contributed by atoms with Crippen molar-refractivity contribution in [3.8, 4) is 0 Å². The normalized spacial score (nSPS) is 25.9. The molecule has 0 spiro atoms. The topological polar surface area (TPSA) is 12.0 Å². The van der Waals surface area contributed by atoms with Gasteiger partial charge in [-0.3, -0.25) is 0 Å². The molecule has 2 atom stereocenters. The van der Waals surface area contributed by atoms with Crippen LogP contribution in [-0.4, -0.2) is 27.8 Å². The minimum Gasteiger partial charge on any atom is -0.365 e. The van der Waals surface area contributed by atoms with Crippen LogP contribution >= 0.6 is 27.5 Å². The van der Waals surface area contributed by atoms with Crippen molar-refractivity contribution in [3.63, 3.8) is 0 Å². The summed E-state index contributed by atoms with van der Waals surface area (Å²) in [5.41, 5.74) is -7.35. The van der Waals surface area contributed by atoms with E-state index in [9.17, 15) is 30.7 Å². The van der Waals surface area contributed by atoms with Crippen LogP contribution < -0.4 is 5.32 Å². The number of alkyl halides is 9. The van der Waals surface area contributed by atoms with Crippen molar-refractivity contribution in [2.75, 3.05) is 0 Å². The fourth-order valence-electron chi connectivity index (χ4n) is 1.65. The Hall–Kier alpha value is -0.440. The first-order chi connectivity index (χ1) is 9.15. The van der Waals surface area contributed by atoms with Gasteiger partial charge in [0.1, 0.15) is 4.45 Å². The molecule has 1 aliphatic rings. The highest BCUT2D eigenvalue weighted by Gasteiger charge is 2.75. The summed E-state index contributed by atoms with van der Waals surface area (Å²) in [5.74, 6) is 0. The Labute approximate surface area is 129 Å². The Morgan fingerprint density at radius 1 is 1.19 bits per heavy atom. The van der Waals surface area contributed by atoms with Crippen molar-refractivity contribution < 1.29 is 30.7 Å². The van der Waals surface area contributed by atoms with Crippen molar-refractivity contribution >= 4 is 27.5 Å². The minimum absolute atomic E-state index is 0.122. The summed E-state index contributed by atoms with van der Waals surface area (Å²) in [7, 11) is 0. The first-order valence-corrected chi connectivity index (χ1v) is 6.65. The van der Waals surface area contributed by atoms with E-state index in [-0.39, 0.29) is 5.57 Å². The summed E-state index contributed by atoms with van der Waals surface area (Å²) < 4.78 is 88.5. The van der Waals surface area contributed by atoms with Gasteiger partial charge in [-0.2, -0.15) is 26.3 Å². The average molecular weight is 404 g/mol. The van der Waals surface area contributed by atoms with Gasteiger partial charge in [-0.1, -0.05) is 15.9 Å². The molecule has 0 fully saturated rings. The molecule has 0 aromatic rings. The lowest BCUT2D eigenvalue weighted by atomic mass is 9.93. The zero-order chi connectivity index (χ0) is 16.9. The van der Waals surface area contributed by atoms with Gasteiger partial charge in [0.05, 0.1) is 11.1 Å². The van der Waals surface area contributed by atoms with Crippen LogP contribution in [-0.2, 0) is 0 Å². The van der Waals surface area contributed by atoms with E-state index in [4.69, 9.17) is 11.6 Å². The molecule has 2 unspecified atom stereocenters. The summed E-state index contributed by atoms with van der Waals surface area (Å²) in [6.45, 7) is 2.48. The van der Waals surface area contributed by atoms with E-state index in [2.05, 4.69) is 22.0 Å². The molecule has 121 valence electrons. The van der Waals surface area contributed by atoms with Crippen LogP contribution in [0.5, 0.6) is 0 Å². The summed E-state index contributed by atoms with van der Waals surface area (Å²) in [5, 5.41) is 0.800. The molecule has 0 bridgehead atoms. The molecule has 0 amide bonds. The van der Waals surface area contributed by atoms with Crippen LogP contribution in [0.25, 0.3) is 0 Å². The highest BCUT2D eigenvalue weighted by molar-refractivity contribution is 9.10. The molecule has 0 aliphatic carbocycles. The molecule has 1 radical (unpaired) electrons. The fraction of sp³-hybridized carbons (Fsp3) is 0.636. The third kappa shape index (κ3) is 3.18. The van der Waals surface area contributed by atoms with Gasteiger partial charge in [-0.25, -0.2) is 4.39 Å². The number of nitrogens with one attached hydrogen (secondary N) is 1. The lowest BCUT2D eigenvalue weighted by molar-refractivity contribution is -0.328. The molecule has 1 N–H and O–H groups in total. The summed E-state index contributed by atoms with van der Waals surface area (Å²) in [4.78, 5) is 0. The van der Waals surface area contributed by atoms with Crippen LogP contribution in [0, 0.1) is 6.08 Å². The smallest absolute Gasteiger partial charge is 0.365 e. The Kier molecular flexibility index (Phi) is 4.72. The first kappa shape index (κ1) is 18.6. The second kappa shape index (κ2) is 5.33. The zero-order valence-corrected chi connectivity index (χ0v) is 12.9. The van der Waals surface area contributed by atoms with Crippen molar-refractivity contribution in [2.24, 2.45) is 0 Å². The maximum atomic E-state index is 14.0. The molecule has 0 saturated carbocycles. The van der Waals surface area contributed by atoms with Gasteiger partial charge in [0.25, 0.3) is 0 Å². The second-order valence-corrected chi connectivity index (χ2v) is 6.38. The third-order valence-electron chi connectivity index (χ3n) is 2.76. The maximum Gasteiger partial charge on any atom is 0.437 e. The molecule has 0 aromatic heterocycles. The zero-order valence-electron chi connectivity index (χ0n) is 10.6. The Morgan fingerprint density at radius 3 is 1.95 bits per heavy atom. The molecular formula is C11H9BrClF7N. The van der Waals surface area contributed by atoms with Crippen molar-refractivity contribution in [2.45, 2.75) is 41.7 Å². The van der Waals surface area contributed by atoms with Gasteiger partial charge in [0.15, 0.2) is 0 Å². The van der Waals surface area contributed by atoms with Crippen LogP contribution in [0.2, 0.25) is 0 Å². The van der Waals surface area contributed by atoms with Gasteiger partial charge in [0.2, 0.25) is 0 Å². The lowest BCUT2D eigenvalue weighted by Crippen LogP contribution is -2.61. The summed E-state index contributed by atoms with van der Waals surface area (Å²) in [6.07, 6.45) is -9.47. The summed E-state index contributed by atoms with van der Waals surface area (Å²) in [6, 6.07) is 0.